The maximum atomic E-state index is 5.74. The molecule has 60 valence electrons. The van der Waals surface area contributed by atoms with Gasteiger partial charge in [0.25, 0.3) is 0 Å². The zero-order valence-corrected chi connectivity index (χ0v) is 6.97. The zero-order valence-electron chi connectivity index (χ0n) is 6.97. The van der Waals surface area contributed by atoms with Crippen LogP contribution in [0.1, 0.15) is 26.2 Å². The van der Waals surface area contributed by atoms with E-state index in [0.717, 1.165) is 20.2 Å². The first-order valence-corrected chi connectivity index (χ1v) is 4.27. The number of hydrogen-bond donors (Lipinski definition) is 2. The van der Waals surface area contributed by atoms with E-state index in [4.69, 9.17) is 11.5 Å². The van der Waals surface area contributed by atoms with E-state index in [-0.39, 0.29) is 0 Å². The maximum Gasteiger partial charge on any atom is 0.141 e. The van der Waals surface area contributed by atoms with Crippen LogP contribution in [-0.2, 0) is 0 Å². The van der Waals surface area contributed by atoms with Crippen LogP contribution in [0.25, 0.3) is 0 Å². The molecular weight excluding hydrogens is 123 g/mol. The van der Waals surface area contributed by atoms with E-state index in [1.54, 1.807) is 0 Å². The van der Waals surface area contributed by atoms with Gasteiger partial charge in [-0.3, -0.25) is 0 Å². The molecule has 0 aromatic heterocycles. The summed E-state index contributed by atoms with van der Waals surface area (Å²) in [5.74, 6) is 0.344. The molecule has 3 heteroatoms. The largest absolute Gasteiger partial charge is 0.335 e. The molecule has 0 radical (unpaired) electrons. The van der Waals surface area contributed by atoms with E-state index < -0.39 is 0 Å². The molecule has 0 aliphatic carbocycles. The smallest absolute Gasteiger partial charge is 0.141 e. The van der Waals surface area contributed by atoms with Crippen LogP contribution in [0.15, 0.2) is 0 Å². The van der Waals surface area contributed by atoms with Crippen molar-refractivity contribution < 1.29 is 0 Å². The molecule has 0 rings (SSSR count). The van der Waals surface area contributed by atoms with Crippen molar-refractivity contribution in [3.05, 3.63) is 0 Å². The van der Waals surface area contributed by atoms with Crippen LogP contribution in [0.2, 0.25) is 6.32 Å². The Hall–Kier alpha value is -0.0151. The normalized spacial score (nSPS) is 13.1. The molecule has 10 heavy (non-hydrogen) atoms. The summed E-state index contributed by atoms with van der Waals surface area (Å²) in [4.78, 5) is 0. The van der Waals surface area contributed by atoms with E-state index >= 15 is 0 Å². The summed E-state index contributed by atoms with van der Waals surface area (Å²) >= 11 is 0. The summed E-state index contributed by atoms with van der Waals surface area (Å²) in [6.45, 7) is 2.93. The van der Waals surface area contributed by atoms with Crippen molar-refractivity contribution in [1.29, 1.82) is 0 Å². The van der Waals surface area contributed by atoms with Crippen molar-refractivity contribution in [2.75, 3.05) is 6.54 Å². The monoisotopic (exact) mass is 142 g/mol. The van der Waals surface area contributed by atoms with Crippen molar-refractivity contribution in [3.8, 4) is 0 Å². The van der Waals surface area contributed by atoms with Gasteiger partial charge < -0.3 is 11.5 Å². The summed E-state index contributed by atoms with van der Waals surface area (Å²) in [6, 6.07) is 0. The lowest BCUT2D eigenvalue weighted by atomic mass is 9.64. The Morgan fingerprint density at radius 2 is 2.20 bits per heavy atom. The Kier molecular flexibility index (Phi) is 7.09. The van der Waals surface area contributed by atoms with E-state index in [0.29, 0.717) is 5.94 Å². The minimum absolute atomic E-state index is 0.344. The second-order valence-electron chi connectivity index (χ2n) is 2.83. The summed E-state index contributed by atoms with van der Waals surface area (Å²) in [6.07, 6.45) is 4.81. The SMILES string of the molecule is CCCCBC(N)CCN. The van der Waals surface area contributed by atoms with Gasteiger partial charge in [-0.05, 0) is 18.9 Å². The molecule has 0 amide bonds. The fourth-order valence-electron chi connectivity index (χ4n) is 1.01. The van der Waals surface area contributed by atoms with Crippen molar-refractivity contribution in [3.63, 3.8) is 0 Å². The van der Waals surface area contributed by atoms with Crippen molar-refractivity contribution >= 4 is 7.28 Å². The van der Waals surface area contributed by atoms with Crippen LogP contribution in [0.3, 0.4) is 0 Å². The van der Waals surface area contributed by atoms with Gasteiger partial charge in [0.2, 0.25) is 0 Å². The number of nitrogens with two attached hydrogens (primary N) is 2. The molecule has 0 aliphatic heterocycles. The van der Waals surface area contributed by atoms with Gasteiger partial charge >= 0.3 is 0 Å². The van der Waals surface area contributed by atoms with Crippen molar-refractivity contribution in [2.45, 2.75) is 38.4 Å². The van der Waals surface area contributed by atoms with Crippen LogP contribution in [0.4, 0.5) is 0 Å². The first-order valence-electron chi connectivity index (χ1n) is 4.27. The second kappa shape index (κ2) is 7.10. The lowest BCUT2D eigenvalue weighted by molar-refractivity contribution is 0.768. The van der Waals surface area contributed by atoms with Gasteiger partial charge in [-0.25, -0.2) is 0 Å². The van der Waals surface area contributed by atoms with Crippen LogP contribution < -0.4 is 11.5 Å². The third-order valence-electron chi connectivity index (χ3n) is 1.72. The van der Waals surface area contributed by atoms with E-state index in [1.807, 2.05) is 0 Å². The van der Waals surface area contributed by atoms with Gasteiger partial charge in [-0.2, -0.15) is 0 Å². The third-order valence-corrected chi connectivity index (χ3v) is 1.72. The number of unbranched alkanes of at least 4 members (excludes halogenated alkanes) is 1. The van der Waals surface area contributed by atoms with Crippen molar-refractivity contribution in [2.24, 2.45) is 11.5 Å². The molecular formula is C7H19BN2. The Bertz CT molecular complexity index is 68.6. The van der Waals surface area contributed by atoms with E-state index in [2.05, 4.69) is 6.92 Å². The van der Waals surface area contributed by atoms with Crippen LogP contribution in [0, 0.1) is 0 Å². The van der Waals surface area contributed by atoms with Crippen LogP contribution in [-0.4, -0.2) is 19.8 Å². The Morgan fingerprint density at radius 1 is 1.50 bits per heavy atom. The first kappa shape index (κ1) is 9.98. The molecule has 0 aromatic rings. The highest BCUT2D eigenvalue weighted by Gasteiger charge is 2.01. The zero-order chi connectivity index (χ0) is 7.82. The lowest BCUT2D eigenvalue weighted by Gasteiger charge is -2.06. The maximum absolute atomic E-state index is 5.74. The Balaban J connectivity index is 2.97. The number of hydrogen-bond acceptors (Lipinski definition) is 2. The van der Waals surface area contributed by atoms with E-state index in [9.17, 15) is 0 Å². The molecule has 0 heterocycles. The van der Waals surface area contributed by atoms with Crippen LogP contribution >= 0.6 is 0 Å². The summed E-state index contributed by atoms with van der Waals surface area (Å²) < 4.78 is 0. The van der Waals surface area contributed by atoms with Gasteiger partial charge in [0.1, 0.15) is 7.28 Å². The standard InChI is InChI=1S/C7H19BN2/c1-2-3-5-8-7(10)4-6-9/h7-8H,2-6,9-10H2,1H3. The van der Waals surface area contributed by atoms with Gasteiger partial charge in [-0.15, -0.1) is 0 Å². The summed E-state index contributed by atoms with van der Waals surface area (Å²) in [5, 5.41) is 0. The molecule has 0 fully saturated rings. The average molecular weight is 142 g/mol. The van der Waals surface area contributed by atoms with Gasteiger partial charge in [-0.1, -0.05) is 26.1 Å². The molecule has 2 nitrogen and oxygen atoms in total. The predicted octanol–water partition coefficient (Wildman–Crippen LogP) is 0.275. The molecule has 1 atom stereocenters. The summed E-state index contributed by atoms with van der Waals surface area (Å²) in [5.41, 5.74) is 11.1. The Labute approximate surface area is 64.6 Å². The molecule has 1 unspecified atom stereocenters. The molecule has 0 saturated heterocycles. The molecule has 4 N–H and O–H groups in total. The minimum atomic E-state index is 0.344. The third kappa shape index (κ3) is 6.11. The summed E-state index contributed by atoms with van der Waals surface area (Å²) in [7, 11) is 1.14. The van der Waals surface area contributed by atoms with Crippen LogP contribution in [0.5, 0.6) is 0 Å². The number of rotatable bonds is 6. The highest BCUT2D eigenvalue weighted by atomic mass is 14.6. The van der Waals surface area contributed by atoms with Crippen molar-refractivity contribution in [1.82, 2.24) is 0 Å². The minimum Gasteiger partial charge on any atom is -0.335 e. The fraction of sp³-hybridized carbons (Fsp3) is 1.00. The molecule has 0 spiro atoms. The van der Waals surface area contributed by atoms with E-state index in [1.165, 1.54) is 19.2 Å². The predicted molar refractivity (Wildman–Crippen MR) is 48.5 cm³/mol. The molecule has 0 saturated carbocycles. The topological polar surface area (TPSA) is 52.0 Å². The second-order valence-corrected chi connectivity index (χ2v) is 2.83. The molecule has 0 aliphatic rings. The average Bonchev–Trinajstić information content (AvgIpc) is 1.89. The van der Waals surface area contributed by atoms with Gasteiger partial charge in [0.05, 0.1) is 0 Å². The molecule has 0 aromatic carbocycles. The highest BCUT2D eigenvalue weighted by molar-refractivity contribution is 6.37. The Morgan fingerprint density at radius 3 is 2.70 bits per heavy atom. The van der Waals surface area contributed by atoms with Gasteiger partial charge in [0.15, 0.2) is 0 Å². The lowest BCUT2D eigenvalue weighted by Crippen LogP contribution is -2.29. The first-order chi connectivity index (χ1) is 4.81. The van der Waals surface area contributed by atoms with Gasteiger partial charge in [0, 0.05) is 0 Å². The molecule has 0 bridgehead atoms. The quantitative estimate of drug-likeness (QED) is 0.413. The highest BCUT2D eigenvalue weighted by Crippen LogP contribution is 1.95. The fourth-order valence-corrected chi connectivity index (χ4v) is 1.01.